The fourth-order valence-corrected chi connectivity index (χ4v) is 3.55. The van der Waals surface area contributed by atoms with Crippen molar-refractivity contribution < 1.29 is 13.9 Å². The van der Waals surface area contributed by atoms with E-state index in [0.29, 0.717) is 23.9 Å². The number of thioether (sulfide) groups is 1. The van der Waals surface area contributed by atoms with Crippen LogP contribution in [0.25, 0.3) is 17.4 Å². The summed E-state index contributed by atoms with van der Waals surface area (Å²) < 4.78 is 11.2. The first-order valence-electron chi connectivity index (χ1n) is 7.80. The number of nitrogens with zero attached hydrogens (tertiary/aromatic N) is 2. The minimum Gasteiger partial charge on any atom is -0.457 e. The second-order valence-electron chi connectivity index (χ2n) is 5.48. The van der Waals surface area contributed by atoms with Crippen LogP contribution < -0.4 is 0 Å². The molecule has 1 aromatic carbocycles. The van der Waals surface area contributed by atoms with Crippen molar-refractivity contribution in [1.82, 2.24) is 4.90 Å². The molecule has 1 aromatic heterocycles. The van der Waals surface area contributed by atoms with Gasteiger partial charge in [-0.2, -0.15) is 4.99 Å². The van der Waals surface area contributed by atoms with Gasteiger partial charge in [-0.15, -0.1) is 0 Å². The lowest BCUT2D eigenvalue weighted by Crippen LogP contribution is -2.38. The molecule has 2 aliphatic rings. The number of ether oxygens (including phenoxy) is 1. The fourth-order valence-electron chi connectivity index (χ4n) is 2.61. The number of amidine groups is 1. The van der Waals surface area contributed by atoms with Crippen molar-refractivity contribution in [3.63, 3.8) is 0 Å². The predicted molar refractivity (Wildman–Crippen MR) is 94.5 cm³/mol. The Bertz CT molecular complexity index is 805. The highest BCUT2D eigenvalue weighted by Crippen LogP contribution is 2.31. The molecule has 5 nitrogen and oxygen atoms in total. The highest BCUT2D eigenvalue weighted by atomic mass is 32.2. The molecule has 0 bridgehead atoms. The number of hydrogen-bond donors (Lipinski definition) is 0. The predicted octanol–water partition coefficient (Wildman–Crippen LogP) is 3.25. The van der Waals surface area contributed by atoms with Crippen molar-refractivity contribution in [1.29, 1.82) is 0 Å². The van der Waals surface area contributed by atoms with E-state index in [1.165, 1.54) is 11.8 Å². The maximum atomic E-state index is 12.1. The third-order valence-electron chi connectivity index (χ3n) is 3.85. The molecule has 0 spiro atoms. The molecule has 1 fully saturated rings. The summed E-state index contributed by atoms with van der Waals surface area (Å²) in [5.41, 5.74) is 1.01. The molecule has 0 saturated carbocycles. The van der Waals surface area contributed by atoms with Crippen LogP contribution in [0.5, 0.6) is 0 Å². The Labute approximate surface area is 144 Å². The van der Waals surface area contributed by atoms with E-state index in [0.717, 1.165) is 29.6 Å². The van der Waals surface area contributed by atoms with Crippen molar-refractivity contribution in [3.05, 3.63) is 53.1 Å². The molecule has 0 unspecified atom stereocenters. The Hall–Kier alpha value is -2.31. The van der Waals surface area contributed by atoms with E-state index in [4.69, 9.17) is 9.15 Å². The summed E-state index contributed by atoms with van der Waals surface area (Å²) >= 11 is 1.40. The van der Waals surface area contributed by atoms with Crippen molar-refractivity contribution >= 4 is 28.9 Å². The van der Waals surface area contributed by atoms with Gasteiger partial charge in [0.2, 0.25) is 0 Å². The van der Waals surface area contributed by atoms with E-state index in [9.17, 15) is 4.79 Å². The van der Waals surface area contributed by atoms with Crippen molar-refractivity contribution in [2.45, 2.75) is 0 Å². The van der Waals surface area contributed by atoms with Crippen LogP contribution in [0.2, 0.25) is 0 Å². The van der Waals surface area contributed by atoms with Gasteiger partial charge >= 0.3 is 0 Å². The van der Waals surface area contributed by atoms with Crippen LogP contribution in [-0.2, 0) is 9.53 Å². The zero-order valence-corrected chi connectivity index (χ0v) is 13.8. The van der Waals surface area contributed by atoms with Crippen molar-refractivity contribution in [3.8, 4) is 11.3 Å². The first-order chi connectivity index (χ1) is 11.8. The van der Waals surface area contributed by atoms with Gasteiger partial charge in [0, 0.05) is 24.7 Å². The molecule has 24 heavy (non-hydrogen) atoms. The van der Waals surface area contributed by atoms with Gasteiger partial charge in [0.1, 0.15) is 11.5 Å². The summed E-state index contributed by atoms with van der Waals surface area (Å²) in [7, 11) is 0. The van der Waals surface area contributed by atoms with E-state index in [1.54, 1.807) is 6.08 Å². The topological polar surface area (TPSA) is 55.0 Å². The largest absolute Gasteiger partial charge is 0.457 e. The number of aliphatic imine (C=N–C) groups is 1. The number of rotatable bonds is 2. The van der Waals surface area contributed by atoms with E-state index >= 15 is 0 Å². The molecule has 2 aliphatic heterocycles. The standard InChI is InChI=1S/C18H16N2O3S/c21-17-16(24-18(19-17)20-8-10-22-11-9-20)12-14-6-7-15(23-14)13-4-2-1-3-5-13/h1-7,12H,8-11H2/b16-12+. The quantitative estimate of drug-likeness (QED) is 0.786. The number of hydrogen-bond acceptors (Lipinski definition) is 5. The van der Waals surface area contributed by atoms with Crippen LogP contribution in [-0.4, -0.2) is 42.3 Å². The van der Waals surface area contributed by atoms with Gasteiger partial charge < -0.3 is 14.1 Å². The van der Waals surface area contributed by atoms with Crippen molar-refractivity contribution in [2.24, 2.45) is 4.99 Å². The smallest absolute Gasteiger partial charge is 0.286 e. The Morgan fingerprint density at radius 3 is 2.67 bits per heavy atom. The highest BCUT2D eigenvalue weighted by molar-refractivity contribution is 8.18. The average molecular weight is 340 g/mol. The number of furan rings is 1. The summed E-state index contributed by atoms with van der Waals surface area (Å²) in [6, 6.07) is 13.7. The molecule has 1 amide bonds. The molecule has 122 valence electrons. The lowest BCUT2D eigenvalue weighted by atomic mass is 10.2. The minimum absolute atomic E-state index is 0.209. The second-order valence-corrected chi connectivity index (χ2v) is 6.49. The summed E-state index contributed by atoms with van der Waals surface area (Å²) in [6.45, 7) is 2.88. The molecule has 0 radical (unpaired) electrons. The monoisotopic (exact) mass is 340 g/mol. The Morgan fingerprint density at radius 1 is 1.08 bits per heavy atom. The molecule has 2 aromatic rings. The molecule has 3 heterocycles. The third kappa shape index (κ3) is 3.16. The van der Waals surface area contributed by atoms with Crippen LogP contribution in [0.1, 0.15) is 5.76 Å². The van der Waals surface area contributed by atoms with Crippen LogP contribution in [0.15, 0.2) is 56.8 Å². The normalized spacial score (nSPS) is 19.8. The number of morpholine rings is 1. The van der Waals surface area contributed by atoms with Gasteiger partial charge in [-0.3, -0.25) is 4.79 Å². The number of benzene rings is 1. The Morgan fingerprint density at radius 2 is 1.88 bits per heavy atom. The first kappa shape index (κ1) is 15.2. The first-order valence-corrected chi connectivity index (χ1v) is 8.62. The Balaban J connectivity index is 1.50. The fraction of sp³-hybridized carbons (Fsp3) is 0.222. The second kappa shape index (κ2) is 6.67. The number of carbonyl (C=O) groups is 1. The van der Waals surface area contributed by atoms with Gasteiger partial charge in [0.15, 0.2) is 5.17 Å². The zero-order chi connectivity index (χ0) is 16.4. The van der Waals surface area contributed by atoms with E-state index < -0.39 is 0 Å². The van der Waals surface area contributed by atoms with Crippen molar-refractivity contribution in [2.75, 3.05) is 26.3 Å². The molecule has 4 rings (SSSR count). The maximum Gasteiger partial charge on any atom is 0.286 e. The highest BCUT2D eigenvalue weighted by Gasteiger charge is 2.27. The summed E-state index contributed by atoms with van der Waals surface area (Å²) in [5, 5.41) is 0.754. The van der Waals surface area contributed by atoms with Crippen LogP contribution >= 0.6 is 11.8 Å². The lowest BCUT2D eigenvalue weighted by molar-refractivity contribution is -0.113. The van der Waals surface area contributed by atoms with Gasteiger partial charge in [0.25, 0.3) is 5.91 Å². The zero-order valence-electron chi connectivity index (χ0n) is 13.0. The molecule has 6 heteroatoms. The van der Waals surface area contributed by atoms with E-state index in [2.05, 4.69) is 9.89 Å². The molecule has 0 N–H and O–H groups in total. The molecule has 0 atom stereocenters. The third-order valence-corrected chi connectivity index (χ3v) is 4.89. The van der Waals surface area contributed by atoms with E-state index in [-0.39, 0.29) is 5.91 Å². The molecule has 0 aliphatic carbocycles. The Kier molecular flexibility index (Phi) is 4.23. The van der Waals surface area contributed by atoms with E-state index in [1.807, 2.05) is 42.5 Å². The average Bonchev–Trinajstić information content (AvgIpc) is 3.24. The van der Waals surface area contributed by atoms with Gasteiger partial charge in [-0.05, 0) is 23.9 Å². The van der Waals surface area contributed by atoms with Gasteiger partial charge in [-0.25, -0.2) is 0 Å². The minimum atomic E-state index is -0.209. The number of amides is 1. The summed E-state index contributed by atoms with van der Waals surface area (Å²) in [5.74, 6) is 1.23. The van der Waals surface area contributed by atoms with Crippen LogP contribution in [0, 0.1) is 0 Å². The maximum absolute atomic E-state index is 12.1. The van der Waals surface area contributed by atoms with Gasteiger partial charge in [-0.1, -0.05) is 30.3 Å². The summed E-state index contributed by atoms with van der Waals surface area (Å²) in [6.07, 6.45) is 1.76. The summed E-state index contributed by atoms with van der Waals surface area (Å²) in [4.78, 5) is 19.0. The van der Waals surface area contributed by atoms with Crippen LogP contribution in [0.3, 0.4) is 0 Å². The van der Waals surface area contributed by atoms with Gasteiger partial charge in [0.05, 0.1) is 18.1 Å². The molecular weight excluding hydrogens is 324 g/mol. The lowest BCUT2D eigenvalue weighted by Gasteiger charge is -2.27. The molecular formula is C18H16N2O3S. The SMILES string of the molecule is O=C1N=C(N2CCOCC2)S/C1=C/c1ccc(-c2ccccc2)o1. The van der Waals surface area contributed by atoms with Crippen LogP contribution in [0.4, 0.5) is 0 Å². The number of carbonyl (C=O) groups excluding carboxylic acids is 1. The molecule has 1 saturated heterocycles.